The Morgan fingerprint density at radius 2 is 1.66 bits per heavy atom. The summed E-state index contributed by atoms with van der Waals surface area (Å²) in [6.45, 7) is 18.3. The summed E-state index contributed by atoms with van der Waals surface area (Å²) < 4.78 is 18.4. The summed E-state index contributed by atoms with van der Waals surface area (Å²) in [7, 11) is 0. The molecule has 6 aliphatic rings. The average Bonchev–Trinajstić information content (AvgIpc) is 3.72. The Kier molecular flexibility index (Phi) is 15.6. The van der Waals surface area contributed by atoms with Crippen LogP contribution in [0.4, 0.5) is 11.6 Å². The number of phenolic OH excluding ortho intramolecular Hbond substituents is 2. The fourth-order valence-corrected chi connectivity index (χ4v) is 10.7. The number of aromatic nitrogens is 2. The molecule has 0 radical (unpaired) electrons. The number of amides is 2. The number of piperidine rings is 1. The first-order valence-corrected chi connectivity index (χ1v) is 25.6. The second-order valence-corrected chi connectivity index (χ2v) is 20.9. The molecule has 392 valence electrons. The van der Waals surface area contributed by atoms with E-state index in [2.05, 4.69) is 39.0 Å². The number of hydrogen-bond acceptors (Lipinski definition) is 17. The van der Waals surface area contributed by atoms with E-state index in [9.17, 15) is 39.6 Å². The molecule has 9 rings (SSSR count). The molecule has 19 heteroatoms. The number of fused-ring (bicyclic) bond motifs is 13. The zero-order valence-electron chi connectivity index (χ0n) is 43.1. The topological polar surface area (TPSA) is 249 Å². The van der Waals surface area contributed by atoms with Gasteiger partial charge < -0.3 is 54.7 Å². The summed E-state index contributed by atoms with van der Waals surface area (Å²) in [4.78, 5) is 80.2. The molecule has 6 aliphatic heterocycles. The van der Waals surface area contributed by atoms with E-state index in [1.54, 1.807) is 76.2 Å². The standard InChI is InChI=1S/C54H70N8O11/c1-30(2)29-60-23-17-54(18-24-60)58-42-39-40-47(67)35(7)49-41(39)50(69)53(8,73-49)71-27-10-9-16-36(72-38(64)28-37(63)61-21-13-22-62(26-25-61)52-55-19-12-20-56-52)33(5)46(66)34(6)45(65)31(3)14-11-15-32(4)51(70)57-44(48(40)68)43(42)59-54/h10-12,14-15,19-20,27,30-31,33-34,36,45-46,58,65-68H,9,13,16-18,21-26,28-29H2,1-8H3/b14-11+,27-10+,32-15-,57-44?/t31?,33-,34+,36+,45-,46?,53-/m0/s1. The van der Waals surface area contributed by atoms with Gasteiger partial charge in [0.25, 0.3) is 11.7 Å². The minimum absolute atomic E-state index is 0.0516. The van der Waals surface area contributed by atoms with Crippen molar-refractivity contribution in [3.63, 3.8) is 0 Å². The van der Waals surface area contributed by atoms with Crippen LogP contribution >= 0.6 is 0 Å². The summed E-state index contributed by atoms with van der Waals surface area (Å²) in [5, 5.41) is 51.0. The predicted octanol–water partition coefficient (Wildman–Crippen LogP) is 4.78. The van der Waals surface area contributed by atoms with E-state index in [4.69, 9.17) is 19.2 Å². The summed E-state index contributed by atoms with van der Waals surface area (Å²) in [5.74, 6) is -6.21. The number of Topliss-reactive ketones (excluding diaryl/α,β-unsaturated/α-hetero) is 1. The van der Waals surface area contributed by atoms with Crippen LogP contribution in [-0.4, -0.2) is 139 Å². The molecule has 2 saturated heterocycles. The molecule has 0 aliphatic carbocycles. The molecule has 0 saturated carbocycles. The fourth-order valence-electron chi connectivity index (χ4n) is 10.7. The smallest absolute Gasteiger partial charge is 0.315 e. The first-order chi connectivity index (χ1) is 34.7. The zero-order chi connectivity index (χ0) is 52.5. The molecule has 7 atom stereocenters. The van der Waals surface area contributed by atoms with Crippen molar-refractivity contribution < 1.29 is 53.8 Å². The van der Waals surface area contributed by atoms with Crippen molar-refractivity contribution in [1.82, 2.24) is 19.8 Å². The maximum Gasteiger partial charge on any atom is 0.315 e. The molecule has 73 heavy (non-hydrogen) atoms. The maximum absolute atomic E-state index is 14.8. The third-order valence-corrected chi connectivity index (χ3v) is 15.1. The van der Waals surface area contributed by atoms with E-state index in [0.717, 1.165) is 6.54 Å². The normalized spacial score (nSPS) is 28.6. The van der Waals surface area contributed by atoms with Crippen molar-refractivity contribution in [2.75, 3.05) is 56.0 Å². The molecule has 2 aromatic carbocycles. The molecule has 5 bridgehead atoms. The highest BCUT2D eigenvalue weighted by Crippen LogP contribution is 2.51. The summed E-state index contributed by atoms with van der Waals surface area (Å²) in [6.07, 6.45) is 9.59. The zero-order valence-corrected chi connectivity index (χ0v) is 43.1. The lowest BCUT2D eigenvalue weighted by Gasteiger charge is -2.38. The number of carbonyl (C=O) groups excluding carboxylic acids is 4. The van der Waals surface area contributed by atoms with Crippen LogP contribution in [-0.2, 0) is 23.9 Å². The highest BCUT2D eigenvalue weighted by Gasteiger charge is 2.50. The first-order valence-electron chi connectivity index (χ1n) is 25.6. The van der Waals surface area contributed by atoms with Gasteiger partial charge in [-0.25, -0.2) is 15.0 Å². The van der Waals surface area contributed by atoms with Gasteiger partial charge in [0.1, 0.15) is 40.4 Å². The summed E-state index contributed by atoms with van der Waals surface area (Å²) in [5.41, 5.74) is -0.154. The van der Waals surface area contributed by atoms with Gasteiger partial charge in [0.05, 0.1) is 35.1 Å². The van der Waals surface area contributed by atoms with E-state index < -0.39 is 83.3 Å². The van der Waals surface area contributed by atoms with E-state index in [1.807, 2.05) is 4.90 Å². The number of aliphatic hydroxyl groups is 2. The van der Waals surface area contributed by atoms with Crippen molar-refractivity contribution in [1.29, 1.82) is 0 Å². The molecule has 1 aromatic heterocycles. The van der Waals surface area contributed by atoms with Crippen LogP contribution in [0.25, 0.3) is 10.8 Å². The van der Waals surface area contributed by atoms with Crippen molar-refractivity contribution in [3.8, 4) is 17.2 Å². The highest BCUT2D eigenvalue weighted by atomic mass is 16.7. The molecule has 3 aromatic rings. The van der Waals surface area contributed by atoms with Crippen molar-refractivity contribution in [2.24, 2.45) is 33.7 Å². The second-order valence-electron chi connectivity index (χ2n) is 20.9. The summed E-state index contributed by atoms with van der Waals surface area (Å²) >= 11 is 0. The number of ketones is 1. The van der Waals surface area contributed by atoms with Crippen molar-refractivity contribution in [3.05, 3.63) is 76.4 Å². The lowest BCUT2D eigenvalue weighted by atomic mass is 9.81. The van der Waals surface area contributed by atoms with E-state index in [-0.39, 0.29) is 62.5 Å². The van der Waals surface area contributed by atoms with Crippen LogP contribution in [0.3, 0.4) is 0 Å². The van der Waals surface area contributed by atoms with Crippen LogP contribution in [0.1, 0.15) is 103 Å². The number of ether oxygens (including phenoxy) is 3. The molecule has 2 fully saturated rings. The molecular weight excluding hydrogens is 937 g/mol. The van der Waals surface area contributed by atoms with Gasteiger partial charge in [0.15, 0.2) is 5.75 Å². The molecule has 5 N–H and O–H groups in total. The minimum Gasteiger partial charge on any atom is -0.507 e. The van der Waals surface area contributed by atoms with Crippen LogP contribution in [0.15, 0.2) is 64.6 Å². The molecule has 2 amide bonds. The molecule has 19 nitrogen and oxygen atoms in total. The van der Waals surface area contributed by atoms with Gasteiger partial charge in [-0.2, -0.15) is 0 Å². The lowest BCUT2D eigenvalue weighted by molar-refractivity contribution is -0.159. The van der Waals surface area contributed by atoms with E-state index in [1.165, 1.54) is 19.3 Å². The first kappa shape index (κ1) is 52.9. The van der Waals surface area contributed by atoms with Crippen molar-refractivity contribution >= 4 is 46.0 Å². The van der Waals surface area contributed by atoms with E-state index >= 15 is 0 Å². The number of carbonyl (C=O) groups is 4. The molecular formula is C54H70N8O11. The van der Waals surface area contributed by atoms with E-state index in [0.29, 0.717) is 76.1 Å². The number of allylic oxidation sites excluding steroid dienone is 3. The Morgan fingerprint density at radius 3 is 2.37 bits per heavy atom. The quantitative estimate of drug-likeness (QED) is 0.127. The SMILES string of the molecule is C/C1=C/C=C/C(C)[C@H](O)[C@@H](C)C(O)[C@@H](C)[C@H](OC(=O)CC(=O)N2CCCN(c3ncccn3)CC2)CC/C=C/O[C@@]2(C)Oc3c(C)c(O)c4c(O)c(c5c(c4c3C2=O)NC2(CCN(CC(C)C)CC2)N=5)=NC1=O. The van der Waals surface area contributed by atoms with Crippen LogP contribution < -0.4 is 25.7 Å². The number of likely N-dealkylation sites (tertiary alicyclic amines) is 1. The fraction of sp³-hybridized carbons (Fsp3) is 0.556. The third-order valence-electron chi connectivity index (χ3n) is 15.1. The maximum atomic E-state index is 14.8. The number of aliphatic hydroxyl groups excluding tert-OH is 2. The Labute approximate surface area is 425 Å². The Bertz CT molecular complexity index is 2850. The monoisotopic (exact) mass is 1010 g/mol. The number of nitrogens with one attached hydrogen (secondary N) is 1. The van der Waals surface area contributed by atoms with Crippen LogP contribution in [0.5, 0.6) is 17.2 Å². The number of phenols is 2. The molecule has 7 heterocycles. The number of benzene rings is 2. The second kappa shape index (κ2) is 21.6. The minimum atomic E-state index is -1.94. The molecule has 1 spiro atoms. The van der Waals surface area contributed by atoms with Crippen molar-refractivity contribution in [2.45, 2.75) is 124 Å². The van der Waals surface area contributed by atoms with Gasteiger partial charge in [-0.3, -0.25) is 24.2 Å². The number of rotatable bonds is 6. The highest BCUT2D eigenvalue weighted by molar-refractivity contribution is 6.21. The van der Waals surface area contributed by atoms with Gasteiger partial charge in [0.2, 0.25) is 11.9 Å². The molecule has 2 unspecified atom stereocenters. The van der Waals surface area contributed by atoms with Gasteiger partial charge in [0, 0.05) is 112 Å². The van der Waals surface area contributed by atoms with Gasteiger partial charge in [-0.1, -0.05) is 52.8 Å². The summed E-state index contributed by atoms with van der Waals surface area (Å²) in [6, 6.07) is 1.74. The predicted molar refractivity (Wildman–Crippen MR) is 271 cm³/mol. The Morgan fingerprint density at radius 1 is 0.932 bits per heavy atom. The number of hydrogen-bond donors (Lipinski definition) is 5. The van der Waals surface area contributed by atoms with Crippen LogP contribution in [0.2, 0.25) is 0 Å². The number of esters is 1. The Hall–Kier alpha value is -6.44. The number of aromatic hydroxyl groups is 2. The number of anilines is 2. The van der Waals surface area contributed by atoms with Gasteiger partial charge >= 0.3 is 11.8 Å². The number of nitrogens with zero attached hydrogens (tertiary/aromatic N) is 7. The third kappa shape index (κ3) is 10.8. The van der Waals surface area contributed by atoms with Crippen LogP contribution in [0, 0.1) is 30.6 Å². The Balaban J connectivity index is 1.11. The van der Waals surface area contributed by atoms with Gasteiger partial charge in [-0.05, 0) is 51.2 Å². The largest absolute Gasteiger partial charge is 0.507 e. The lowest BCUT2D eigenvalue weighted by Crippen LogP contribution is -2.47. The average molecular weight is 1010 g/mol. The van der Waals surface area contributed by atoms with Gasteiger partial charge in [-0.15, -0.1) is 0 Å².